The summed E-state index contributed by atoms with van der Waals surface area (Å²) < 4.78 is 11.6. The molecule has 1 aromatic heterocycles. The molecule has 0 bridgehead atoms. The smallest absolute Gasteiger partial charge is 0.346 e. The topological polar surface area (TPSA) is 69.5 Å². The minimum Gasteiger partial charge on any atom is -0.355 e. The lowest BCUT2D eigenvalue weighted by molar-refractivity contribution is -0.0842. The van der Waals surface area contributed by atoms with Crippen LogP contribution < -0.4 is 0 Å². The van der Waals surface area contributed by atoms with E-state index < -0.39 is 0 Å². The fourth-order valence-electron chi connectivity index (χ4n) is 1.40. The molecule has 0 unspecified atom stereocenters. The maximum absolute atomic E-state index is 12.2. The number of amides is 1. The zero-order valence-corrected chi connectivity index (χ0v) is 14.5. The standard InChI is InChI=1S/C13H24N4O3S/c1-13(2,3)10-14-11(21-8-9(19-6)20-7)17(15-10)12(18)16(4)5/h9H,8H2,1-7H3. The van der Waals surface area contributed by atoms with Crippen LogP contribution >= 0.6 is 11.8 Å². The van der Waals surface area contributed by atoms with Gasteiger partial charge in [0, 0.05) is 33.7 Å². The molecule has 7 nitrogen and oxygen atoms in total. The van der Waals surface area contributed by atoms with E-state index in [4.69, 9.17) is 9.47 Å². The van der Waals surface area contributed by atoms with Crippen LogP contribution in [0.1, 0.15) is 26.6 Å². The SMILES string of the molecule is COC(CSc1nc(C(C)(C)C)nn1C(=O)N(C)C)OC. The van der Waals surface area contributed by atoms with Crippen LogP contribution in [-0.2, 0) is 14.9 Å². The van der Waals surface area contributed by atoms with E-state index >= 15 is 0 Å². The first-order chi connectivity index (χ1) is 9.70. The van der Waals surface area contributed by atoms with Gasteiger partial charge in [-0.05, 0) is 0 Å². The van der Waals surface area contributed by atoms with Gasteiger partial charge in [-0.15, -0.1) is 5.10 Å². The molecular formula is C13H24N4O3S. The van der Waals surface area contributed by atoms with Crippen LogP contribution in [0.25, 0.3) is 0 Å². The van der Waals surface area contributed by atoms with Crippen molar-refractivity contribution in [2.45, 2.75) is 37.6 Å². The van der Waals surface area contributed by atoms with E-state index in [2.05, 4.69) is 10.1 Å². The van der Waals surface area contributed by atoms with E-state index in [-0.39, 0.29) is 17.7 Å². The highest BCUT2D eigenvalue weighted by Crippen LogP contribution is 2.24. The van der Waals surface area contributed by atoms with Crippen LogP contribution in [0.2, 0.25) is 0 Å². The Labute approximate surface area is 130 Å². The molecule has 1 heterocycles. The van der Waals surface area contributed by atoms with Gasteiger partial charge >= 0.3 is 6.03 Å². The summed E-state index contributed by atoms with van der Waals surface area (Å²) in [6.45, 7) is 6.02. The number of hydrogen-bond donors (Lipinski definition) is 0. The summed E-state index contributed by atoms with van der Waals surface area (Å²) in [6.07, 6.45) is -0.354. The van der Waals surface area contributed by atoms with Gasteiger partial charge in [0.25, 0.3) is 0 Å². The fourth-order valence-corrected chi connectivity index (χ4v) is 2.35. The molecule has 8 heteroatoms. The summed E-state index contributed by atoms with van der Waals surface area (Å²) in [5, 5.41) is 4.88. The highest BCUT2D eigenvalue weighted by molar-refractivity contribution is 7.99. The number of thioether (sulfide) groups is 1. The Balaban J connectivity index is 3.04. The van der Waals surface area contributed by atoms with Crippen LogP contribution in [0, 0.1) is 0 Å². The molecule has 1 rings (SSSR count). The van der Waals surface area contributed by atoms with Crippen molar-refractivity contribution < 1.29 is 14.3 Å². The highest BCUT2D eigenvalue weighted by atomic mass is 32.2. The first kappa shape index (κ1) is 17.9. The second-order valence-electron chi connectivity index (χ2n) is 5.77. The molecule has 1 aromatic rings. The Bertz CT molecular complexity index is 478. The third-order valence-corrected chi connectivity index (χ3v) is 3.65. The lowest BCUT2D eigenvalue weighted by Gasteiger charge is -2.13. The summed E-state index contributed by atoms with van der Waals surface area (Å²) >= 11 is 1.38. The van der Waals surface area contributed by atoms with Crippen LogP contribution in [-0.4, -0.2) is 66.1 Å². The summed E-state index contributed by atoms with van der Waals surface area (Å²) in [5.74, 6) is 1.15. The molecule has 120 valence electrons. The van der Waals surface area contributed by atoms with Gasteiger partial charge in [-0.25, -0.2) is 9.78 Å². The second-order valence-corrected chi connectivity index (χ2v) is 6.76. The Morgan fingerprint density at radius 2 is 1.90 bits per heavy atom. The molecule has 0 radical (unpaired) electrons. The van der Waals surface area contributed by atoms with Crippen molar-refractivity contribution in [3.63, 3.8) is 0 Å². The van der Waals surface area contributed by atoms with E-state index in [1.165, 1.54) is 21.3 Å². The number of carbonyl (C=O) groups excluding carboxylic acids is 1. The summed E-state index contributed by atoms with van der Waals surface area (Å²) in [7, 11) is 6.51. The van der Waals surface area contributed by atoms with Gasteiger partial charge in [-0.2, -0.15) is 4.68 Å². The van der Waals surface area contributed by atoms with Crippen molar-refractivity contribution in [2.24, 2.45) is 0 Å². The van der Waals surface area contributed by atoms with Crippen molar-refractivity contribution in [3.05, 3.63) is 5.82 Å². The van der Waals surface area contributed by atoms with Gasteiger partial charge in [0.2, 0.25) is 0 Å². The highest BCUT2D eigenvalue weighted by Gasteiger charge is 2.25. The Kier molecular flexibility index (Phi) is 6.18. The molecule has 0 saturated carbocycles. The number of ether oxygens (including phenoxy) is 2. The van der Waals surface area contributed by atoms with Gasteiger partial charge in [0.1, 0.15) is 0 Å². The Morgan fingerprint density at radius 1 is 1.33 bits per heavy atom. The zero-order valence-electron chi connectivity index (χ0n) is 13.7. The maximum Gasteiger partial charge on any atom is 0.346 e. The van der Waals surface area contributed by atoms with Crippen LogP contribution in [0.4, 0.5) is 4.79 Å². The van der Waals surface area contributed by atoms with Crippen molar-refractivity contribution in [1.82, 2.24) is 19.7 Å². The molecular weight excluding hydrogens is 292 g/mol. The number of aromatic nitrogens is 3. The number of rotatable bonds is 5. The van der Waals surface area contributed by atoms with Gasteiger partial charge in [0.05, 0.1) is 5.75 Å². The van der Waals surface area contributed by atoms with Crippen LogP contribution in [0.15, 0.2) is 5.16 Å². The average molecular weight is 316 g/mol. The lowest BCUT2D eigenvalue weighted by atomic mass is 9.96. The van der Waals surface area contributed by atoms with E-state index in [0.29, 0.717) is 16.7 Å². The van der Waals surface area contributed by atoms with Crippen molar-refractivity contribution in [3.8, 4) is 0 Å². The predicted molar refractivity (Wildman–Crippen MR) is 81.7 cm³/mol. The van der Waals surface area contributed by atoms with Crippen molar-refractivity contribution in [1.29, 1.82) is 0 Å². The minimum atomic E-state index is -0.354. The number of carbonyl (C=O) groups is 1. The van der Waals surface area contributed by atoms with Gasteiger partial charge < -0.3 is 14.4 Å². The Morgan fingerprint density at radius 3 is 2.33 bits per heavy atom. The lowest BCUT2D eigenvalue weighted by Crippen LogP contribution is -2.29. The first-order valence-electron chi connectivity index (χ1n) is 6.58. The summed E-state index contributed by atoms with van der Waals surface area (Å²) in [6, 6.07) is -0.230. The second kappa shape index (κ2) is 7.24. The monoisotopic (exact) mass is 316 g/mol. The van der Waals surface area contributed by atoms with E-state index in [1.807, 2.05) is 20.8 Å². The molecule has 0 fully saturated rings. The molecule has 0 aromatic carbocycles. The van der Waals surface area contributed by atoms with Crippen molar-refractivity contribution in [2.75, 3.05) is 34.1 Å². The summed E-state index contributed by atoms with van der Waals surface area (Å²) in [4.78, 5) is 18.1. The molecule has 0 aliphatic rings. The molecule has 0 atom stereocenters. The molecule has 0 N–H and O–H groups in total. The maximum atomic E-state index is 12.2. The molecule has 1 amide bonds. The number of nitrogens with zero attached hydrogens (tertiary/aromatic N) is 4. The molecule has 0 aliphatic heterocycles. The molecule has 0 saturated heterocycles. The number of methoxy groups -OCH3 is 2. The van der Waals surface area contributed by atoms with Crippen LogP contribution in [0.5, 0.6) is 0 Å². The zero-order chi connectivity index (χ0) is 16.2. The summed E-state index contributed by atoms with van der Waals surface area (Å²) in [5.41, 5.74) is -0.227. The molecule has 21 heavy (non-hydrogen) atoms. The van der Waals surface area contributed by atoms with Gasteiger partial charge in [-0.3, -0.25) is 0 Å². The average Bonchev–Trinajstić information content (AvgIpc) is 2.83. The van der Waals surface area contributed by atoms with Crippen LogP contribution in [0.3, 0.4) is 0 Å². The van der Waals surface area contributed by atoms with E-state index in [1.54, 1.807) is 28.3 Å². The molecule has 0 aliphatic carbocycles. The van der Waals surface area contributed by atoms with Gasteiger partial charge in [-0.1, -0.05) is 32.5 Å². The largest absolute Gasteiger partial charge is 0.355 e. The first-order valence-corrected chi connectivity index (χ1v) is 7.56. The minimum absolute atomic E-state index is 0.227. The third kappa shape index (κ3) is 4.69. The quantitative estimate of drug-likeness (QED) is 0.609. The molecule has 0 spiro atoms. The predicted octanol–water partition coefficient (Wildman–Crippen LogP) is 1.82. The fraction of sp³-hybridized carbons (Fsp3) is 0.769. The van der Waals surface area contributed by atoms with Crippen molar-refractivity contribution >= 4 is 17.8 Å². The Hall–Kier alpha value is -1.12. The van der Waals surface area contributed by atoms with Gasteiger partial charge in [0.15, 0.2) is 17.3 Å². The normalized spacial score (nSPS) is 12.0. The van der Waals surface area contributed by atoms with E-state index in [9.17, 15) is 4.79 Å². The van der Waals surface area contributed by atoms with E-state index in [0.717, 1.165) is 0 Å². The third-order valence-electron chi connectivity index (χ3n) is 2.69. The number of hydrogen-bond acceptors (Lipinski definition) is 6.